The van der Waals surface area contributed by atoms with Crippen molar-refractivity contribution < 1.29 is 9.84 Å². The van der Waals surface area contributed by atoms with Crippen molar-refractivity contribution in [1.82, 2.24) is 4.90 Å². The van der Waals surface area contributed by atoms with Gasteiger partial charge in [-0.25, -0.2) is 0 Å². The lowest BCUT2D eigenvalue weighted by Gasteiger charge is -2.35. The minimum atomic E-state index is -0.225. The van der Waals surface area contributed by atoms with E-state index >= 15 is 0 Å². The first-order valence-corrected chi connectivity index (χ1v) is 4.74. The predicted molar refractivity (Wildman–Crippen MR) is 48.2 cm³/mol. The molecule has 12 heavy (non-hydrogen) atoms. The van der Waals surface area contributed by atoms with E-state index in [4.69, 9.17) is 4.74 Å². The average molecular weight is 173 g/mol. The van der Waals surface area contributed by atoms with E-state index in [2.05, 4.69) is 11.8 Å². The van der Waals surface area contributed by atoms with Crippen molar-refractivity contribution in [2.45, 2.75) is 32.4 Å². The molecule has 3 nitrogen and oxygen atoms in total. The third-order valence-corrected chi connectivity index (χ3v) is 2.32. The number of hydrogen-bond acceptors (Lipinski definition) is 3. The van der Waals surface area contributed by atoms with Gasteiger partial charge in [-0.05, 0) is 13.3 Å². The maximum Gasteiger partial charge on any atom is 0.0639 e. The Morgan fingerprint density at radius 2 is 2.42 bits per heavy atom. The molecule has 1 fully saturated rings. The normalized spacial score (nSPS) is 28.8. The van der Waals surface area contributed by atoms with Gasteiger partial charge < -0.3 is 9.84 Å². The molecule has 0 aliphatic carbocycles. The highest BCUT2D eigenvalue weighted by atomic mass is 16.5. The second-order valence-electron chi connectivity index (χ2n) is 3.48. The molecule has 0 saturated carbocycles. The minimum Gasteiger partial charge on any atom is -0.392 e. The van der Waals surface area contributed by atoms with Crippen molar-refractivity contribution in [2.24, 2.45) is 0 Å². The van der Waals surface area contributed by atoms with E-state index in [9.17, 15) is 5.11 Å². The minimum absolute atomic E-state index is 0.225. The predicted octanol–water partition coefficient (Wildman–Crippen LogP) is 0.478. The molecule has 1 N–H and O–H groups in total. The van der Waals surface area contributed by atoms with Crippen molar-refractivity contribution in [3.05, 3.63) is 0 Å². The summed E-state index contributed by atoms with van der Waals surface area (Å²) in [5.41, 5.74) is 0. The lowest BCUT2D eigenvalue weighted by molar-refractivity contribution is -0.0247. The summed E-state index contributed by atoms with van der Waals surface area (Å²) in [6, 6.07) is 0.508. The fourth-order valence-electron chi connectivity index (χ4n) is 1.64. The number of hydrogen-bond donors (Lipinski definition) is 1. The average Bonchev–Trinajstić information content (AvgIpc) is 2.04. The summed E-state index contributed by atoms with van der Waals surface area (Å²) < 4.78 is 5.36. The molecule has 0 spiro atoms. The molecule has 0 radical (unpaired) electrons. The third kappa shape index (κ3) is 2.73. The number of ether oxygens (including phenoxy) is 1. The Morgan fingerprint density at radius 1 is 1.67 bits per heavy atom. The molecule has 72 valence electrons. The SMILES string of the molecule is CCC1COCCN1C[C@@H](C)O. The van der Waals surface area contributed by atoms with Crippen LogP contribution in [0.3, 0.4) is 0 Å². The topological polar surface area (TPSA) is 32.7 Å². The molecule has 0 aromatic heterocycles. The van der Waals surface area contributed by atoms with E-state index in [0.29, 0.717) is 6.04 Å². The summed E-state index contributed by atoms with van der Waals surface area (Å²) >= 11 is 0. The smallest absolute Gasteiger partial charge is 0.0639 e. The first-order chi connectivity index (χ1) is 5.74. The van der Waals surface area contributed by atoms with E-state index < -0.39 is 0 Å². The van der Waals surface area contributed by atoms with Gasteiger partial charge in [-0.3, -0.25) is 4.90 Å². The van der Waals surface area contributed by atoms with Crippen molar-refractivity contribution in [3.8, 4) is 0 Å². The first kappa shape index (κ1) is 9.96. The lowest BCUT2D eigenvalue weighted by atomic mass is 10.1. The molecule has 1 aliphatic rings. The Kier molecular flexibility index (Phi) is 3.98. The summed E-state index contributed by atoms with van der Waals surface area (Å²) in [7, 11) is 0. The van der Waals surface area contributed by atoms with E-state index in [-0.39, 0.29) is 6.10 Å². The standard InChI is InChI=1S/C9H19NO2/c1-3-9-7-12-5-4-10(9)6-8(2)11/h8-9,11H,3-7H2,1-2H3/t8-,9?/m1/s1. The van der Waals surface area contributed by atoms with Crippen LogP contribution in [-0.2, 0) is 4.74 Å². The largest absolute Gasteiger partial charge is 0.392 e. The van der Waals surface area contributed by atoms with E-state index in [1.54, 1.807) is 0 Å². The number of morpholine rings is 1. The third-order valence-electron chi connectivity index (χ3n) is 2.32. The summed E-state index contributed by atoms with van der Waals surface area (Å²) in [5, 5.41) is 9.24. The summed E-state index contributed by atoms with van der Waals surface area (Å²) in [4.78, 5) is 2.31. The van der Waals surface area contributed by atoms with E-state index in [1.807, 2.05) is 6.92 Å². The number of β-amino-alcohol motifs (C(OH)–C–C–N with tert-alkyl or cyclic N) is 1. The Hall–Kier alpha value is -0.120. The molecule has 1 rings (SSSR count). The van der Waals surface area contributed by atoms with Gasteiger partial charge in [0, 0.05) is 19.1 Å². The Labute approximate surface area is 74.3 Å². The Bertz CT molecular complexity index is 128. The summed E-state index contributed by atoms with van der Waals surface area (Å²) in [5.74, 6) is 0. The zero-order valence-corrected chi connectivity index (χ0v) is 7.99. The first-order valence-electron chi connectivity index (χ1n) is 4.74. The molecule has 3 heteroatoms. The highest BCUT2D eigenvalue weighted by molar-refractivity contribution is 4.75. The van der Waals surface area contributed by atoms with Crippen LogP contribution >= 0.6 is 0 Å². The van der Waals surface area contributed by atoms with Crippen LogP contribution in [0.5, 0.6) is 0 Å². The molecule has 1 saturated heterocycles. The number of nitrogens with zero attached hydrogens (tertiary/aromatic N) is 1. The van der Waals surface area contributed by atoms with Crippen molar-refractivity contribution in [1.29, 1.82) is 0 Å². The molecular formula is C9H19NO2. The molecule has 0 bridgehead atoms. The van der Waals surface area contributed by atoms with Gasteiger partial charge in [0.1, 0.15) is 0 Å². The van der Waals surface area contributed by atoms with Gasteiger partial charge in [-0.1, -0.05) is 6.92 Å². The van der Waals surface area contributed by atoms with Gasteiger partial charge in [0.15, 0.2) is 0 Å². The fourth-order valence-corrected chi connectivity index (χ4v) is 1.64. The fraction of sp³-hybridized carbons (Fsp3) is 1.00. The van der Waals surface area contributed by atoms with Gasteiger partial charge in [0.05, 0.1) is 19.3 Å². The van der Waals surface area contributed by atoms with E-state index in [1.165, 1.54) is 0 Å². The van der Waals surface area contributed by atoms with E-state index in [0.717, 1.165) is 32.7 Å². The Morgan fingerprint density at radius 3 is 3.00 bits per heavy atom. The van der Waals surface area contributed by atoms with Gasteiger partial charge in [0.2, 0.25) is 0 Å². The van der Waals surface area contributed by atoms with Crippen molar-refractivity contribution in [2.75, 3.05) is 26.3 Å². The molecular weight excluding hydrogens is 154 g/mol. The zero-order valence-electron chi connectivity index (χ0n) is 7.99. The van der Waals surface area contributed by atoms with Gasteiger partial charge in [-0.15, -0.1) is 0 Å². The van der Waals surface area contributed by atoms with Crippen molar-refractivity contribution >= 4 is 0 Å². The molecule has 1 unspecified atom stereocenters. The maximum absolute atomic E-state index is 9.24. The molecule has 0 aromatic carbocycles. The van der Waals surface area contributed by atoms with Crippen molar-refractivity contribution in [3.63, 3.8) is 0 Å². The molecule has 1 aliphatic heterocycles. The van der Waals surface area contributed by atoms with Crippen LogP contribution in [-0.4, -0.2) is 48.5 Å². The second kappa shape index (κ2) is 4.80. The van der Waals surface area contributed by atoms with Gasteiger partial charge in [-0.2, -0.15) is 0 Å². The highest BCUT2D eigenvalue weighted by Crippen LogP contribution is 2.10. The van der Waals surface area contributed by atoms with Crippen LogP contribution < -0.4 is 0 Å². The maximum atomic E-state index is 9.24. The Balaban J connectivity index is 2.36. The summed E-state index contributed by atoms with van der Waals surface area (Å²) in [6.45, 7) is 7.37. The van der Waals surface area contributed by atoms with Crippen LogP contribution in [0.2, 0.25) is 0 Å². The summed E-state index contributed by atoms with van der Waals surface area (Å²) in [6.07, 6.45) is 0.879. The van der Waals surface area contributed by atoms with Crippen LogP contribution in [0.4, 0.5) is 0 Å². The highest BCUT2D eigenvalue weighted by Gasteiger charge is 2.21. The van der Waals surface area contributed by atoms with Crippen LogP contribution in [0.25, 0.3) is 0 Å². The monoisotopic (exact) mass is 173 g/mol. The number of rotatable bonds is 3. The van der Waals surface area contributed by atoms with Gasteiger partial charge >= 0.3 is 0 Å². The van der Waals surface area contributed by atoms with Crippen LogP contribution in [0.1, 0.15) is 20.3 Å². The van der Waals surface area contributed by atoms with Gasteiger partial charge in [0.25, 0.3) is 0 Å². The lowest BCUT2D eigenvalue weighted by Crippen LogP contribution is -2.47. The van der Waals surface area contributed by atoms with Crippen LogP contribution in [0.15, 0.2) is 0 Å². The quantitative estimate of drug-likeness (QED) is 0.673. The molecule has 1 heterocycles. The van der Waals surface area contributed by atoms with Crippen LogP contribution in [0, 0.1) is 0 Å². The zero-order chi connectivity index (χ0) is 8.97. The molecule has 0 aromatic rings. The molecule has 2 atom stereocenters. The number of aliphatic hydroxyl groups excluding tert-OH is 1. The second-order valence-corrected chi connectivity index (χ2v) is 3.48. The molecule has 0 amide bonds. The number of aliphatic hydroxyl groups is 1.